The van der Waals surface area contributed by atoms with E-state index >= 15 is 0 Å². The van der Waals surface area contributed by atoms with Crippen LogP contribution in [0.25, 0.3) is 0 Å². The quantitative estimate of drug-likeness (QED) is 0.654. The van der Waals surface area contributed by atoms with Gasteiger partial charge in [0.15, 0.2) is 0 Å². The number of likely N-dealkylation sites (N-methyl/N-ethyl adjacent to an activating group) is 1. The highest BCUT2D eigenvalue weighted by atomic mass is 16.5. The molecule has 0 aromatic heterocycles. The first kappa shape index (κ1) is 12.4. The van der Waals surface area contributed by atoms with E-state index < -0.39 is 11.1 Å². The third-order valence-corrected chi connectivity index (χ3v) is 1.90. The van der Waals surface area contributed by atoms with E-state index in [0.717, 1.165) is 5.06 Å². The Morgan fingerprint density at radius 1 is 1.15 bits per heavy atom. The predicted octanol–water partition coefficient (Wildman–Crippen LogP) is 0.957. The Bertz CT molecular complexity index is 194. The van der Waals surface area contributed by atoms with Crippen molar-refractivity contribution in [3.63, 3.8) is 0 Å². The zero-order valence-electron chi connectivity index (χ0n) is 9.26. The summed E-state index contributed by atoms with van der Waals surface area (Å²) in [7, 11) is 1.53. The van der Waals surface area contributed by atoms with Gasteiger partial charge in [-0.25, -0.2) is 0 Å². The lowest BCUT2D eigenvalue weighted by Crippen LogP contribution is -2.58. The monoisotopic (exact) mass is 187 g/mol. The molecule has 13 heavy (non-hydrogen) atoms. The topological polar surface area (TPSA) is 52.2 Å². The van der Waals surface area contributed by atoms with Crippen LogP contribution in [0.4, 0.5) is 0 Å². The lowest BCUT2D eigenvalue weighted by molar-refractivity contribution is -0.260. The molecule has 0 heterocycles. The molecule has 0 atom stereocenters. The van der Waals surface area contributed by atoms with Crippen molar-refractivity contribution < 1.29 is 10.0 Å². The van der Waals surface area contributed by atoms with Crippen LogP contribution in [0.15, 0.2) is 0 Å². The van der Waals surface area contributed by atoms with Gasteiger partial charge < -0.3 is 5.32 Å². The van der Waals surface area contributed by atoms with Crippen molar-refractivity contribution in [1.82, 2.24) is 10.4 Å². The molecule has 1 amide bonds. The zero-order valence-corrected chi connectivity index (χ0v) is 9.26. The zero-order chi connectivity index (χ0) is 10.9. The van der Waals surface area contributed by atoms with Gasteiger partial charge in [0.25, 0.3) is 0 Å². The van der Waals surface area contributed by atoms with E-state index in [-0.39, 0.29) is 5.91 Å². The second-order valence-electron chi connectivity index (χ2n) is 4.60. The summed E-state index contributed by atoms with van der Waals surface area (Å²) in [5.41, 5.74) is -1.58. The third kappa shape index (κ3) is 2.67. The minimum atomic E-state index is -1.02. The summed E-state index contributed by atoms with van der Waals surface area (Å²) >= 11 is 0. The summed E-state index contributed by atoms with van der Waals surface area (Å²) in [4.78, 5) is 11.4. The number of carbonyl (C=O) groups is 1. The molecule has 77 valence electrons. The first-order chi connectivity index (χ1) is 5.64. The number of hydrogen-bond acceptors (Lipinski definition) is 2. The van der Waals surface area contributed by atoms with Crippen molar-refractivity contribution in [2.45, 2.75) is 45.7 Å². The van der Waals surface area contributed by atoms with Crippen LogP contribution in [0.1, 0.15) is 34.6 Å². The fourth-order valence-electron chi connectivity index (χ4n) is 1.24. The normalized spacial score (nSPS) is 13.2. The lowest BCUT2D eigenvalue weighted by Gasteiger charge is -2.38. The van der Waals surface area contributed by atoms with Gasteiger partial charge in [-0.1, -0.05) is 0 Å². The van der Waals surface area contributed by atoms with Crippen molar-refractivity contribution in [1.29, 1.82) is 0 Å². The third-order valence-electron chi connectivity index (χ3n) is 1.90. The number of nitrogens with zero attached hydrogens (tertiary/aromatic N) is 1. The predicted molar refractivity (Wildman–Crippen MR) is 50.4 cm³/mol. The lowest BCUT2D eigenvalue weighted by atomic mass is 9.97. The molecule has 1 N–H and O–H groups in total. The maximum atomic E-state index is 11.7. The van der Waals surface area contributed by atoms with Gasteiger partial charge in [0, 0.05) is 12.6 Å². The molecular weight excluding hydrogens is 168 g/mol. The van der Waals surface area contributed by atoms with Gasteiger partial charge in [-0.3, -0.25) is 4.79 Å². The van der Waals surface area contributed by atoms with E-state index in [1.165, 1.54) is 7.05 Å². The highest BCUT2D eigenvalue weighted by Gasteiger charge is 2.40. The molecule has 4 heteroatoms. The van der Waals surface area contributed by atoms with Crippen molar-refractivity contribution >= 4 is 5.91 Å². The fraction of sp³-hybridized carbons (Fsp3) is 0.889. The summed E-state index contributed by atoms with van der Waals surface area (Å²) in [5.74, 6) is -0.266. The van der Waals surface area contributed by atoms with Gasteiger partial charge in [0.05, 0.1) is 0 Å². The average molecular weight is 187 g/mol. The Morgan fingerprint density at radius 2 is 1.54 bits per heavy atom. The number of amides is 1. The van der Waals surface area contributed by atoms with Gasteiger partial charge in [0.1, 0.15) is 5.54 Å². The maximum Gasteiger partial charge on any atom is 0.242 e. The van der Waals surface area contributed by atoms with E-state index in [4.69, 9.17) is 0 Å². The molecule has 4 nitrogen and oxygen atoms in total. The van der Waals surface area contributed by atoms with Crippen molar-refractivity contribution in [2.24, 2.45) is 0 Å². The van der Waals surface area contributed by atoms with E-state index in [0.29, 0.717) is 0 Å². The molecule has 0 aliphatic heterocycles. The molecule has 0 aliphatic carbocycles. The highest BCUT2D eigenvalue weighted by molar-refractivity contribution is 5.84. The van der Waals surface area contributed by atoms with E-state index in [9.17, 15) is 10.0 Å². The number of nitrogens with one attached hydrogen (secondary N) is 1. The van der Waals surface area contributed by atoms with Crippen LogP contribution >= 0.6 is 0 Å². The fourth-order valence-corrected chi connectivity index (χ4v) is 1.24. The van der Waals surface area contributed by atoms with Crippen LogP contribution in [-0.2, 0) is 10.0 Å². The maximum absolute atomic E-state index is 11.7. The highest BCUT2D eigenvalue weighted by Crippen LogP contribution is 2.22. The Kier molecular flexibility index (Phi) is 3.47. The molecule has 0 aromatic carbocycles. The Labute approximate surface area is 79.9 Å². The largest absolute Gasteiger partial charge is 0.358 e. The van der Waals surface area contributed by atoms with Crippen LogP contribution in [0.2, 0.25) is 0 Å². The molecule has 0 aromatic rings. The summed E-state index contributed by atoms with van der Waals surface area (Å²) < 4.78 is 0. The molecule has 0 bridgehead atoms. The van der Waals surface area contributed by atoms with Crippen LogP contribution < -0.4 is 5.32 Å². The molecule has 0 aliphatic rings. The number of hydrogen-bond donors (Lipinski definition) is 1. The van der Waals surface area contributed by atoms with Crippen LogP contribution in [0.3, 0.4) is 0 Å². The Balaban J connectivity index is 4.74. The van der Waals surface area contributed by atoms with Gasteiger partial charge in [-0.2, -0.15) is 0 Å². The van der Waals surface area contributed by atoms with E-state index in [1.54, 1.807) is 34.6 Å². The molecular formula is C9H19N2O2. The van der Waals surface area contributed by atoms with Gasteiger partial charge in [-0.15, -0.1) is 10.3 Å². The second-order valence-corrected chi connectivity index (χ2v) is 4.60. The smallest absolute Gasteiger partial charge is 0.242 e. The number of rotatable bonds is 2. The Hall–Kier alpha value is -0.610. The number of hydroxylamine groups is 2. The van der Waals surface area contributed by atoms with Crippen molar-refractivity contribution in [3.8, 4) is 0 Å². The van der Waals surface area contributed by atoms with E-state index in [2.05, 4.69) is 5.32 Å². The van der Waals surface area contributed by atoms with Crippen LogP contribution in [-0.4, -0.2) is 29.1 Å². The summed E-state index contributed by atoms with van der Waals surface area (Å²) in [6.45, 7) is 8.58. The Morgan fingerprint density at radius 3 is 1.77 bits per heavy atom. The van der Waals surface area contributed by atoms with Gasteiger partial charge in [0.2, 0.25) is 5.91 Å². The SMILES string of the molecule is CNC(=O)C(C)(C)N([O])C(C)(C)C. The van der Waals surface area contributed by atoms with Crippen LogP contribution in [0, 0.1) is 0 Å². The van der Waals surface area contributed by atoms with Gasteiger partial charge in [-0.05, 0) is 34.6 Å². The molecule has 0 unspecified atom stereocenters. The molecule has 1 radical (unpaired) electrons. The van der Waals surface area contributed by atoms with Crippen molar-refractivity contribution in [2.75, 3.05) is 7.05 Å². The van der Waals surface area contributed by atoms with Crippen molar-refractivity contribution in [3.05, 3.63) is 0 Å². The minimum absolute atomic E-state index is 0.266. The van der Waals surface area contributed by atoms with Crippen LogP contribution in [0.5, 0.6) is 0 Å². The molecule has 0 fully saturated rings. The first-order valence-corrected chi connectivity index (χ1v) is 4.33. The summed E-state index contributed by atoms with van der Waals surface area (Å²) in [6, 6.07) is 0. The minimum Gasteiger partial charge on any atom is -0.358 e. The van der Waals surface area contributed by atoms with Gasteiger partial charge >= 0.3 is 0 Å². The number of carbonyl (C=O) groups excluding carboxylic acids is 1. The first-order valence-electron chi connectivity index (χ1n) is 4.33. The van der Waals surface area contributed by atoms with E-state index in [1.807, 2.05) is 0 Å². The second kappa shape index (κ2) is 3.64. The standard InChI is InChI=1S/C9H19N2O2/c1-8(2,3)11(13)9(4,5)7(12)10-6/h1-6H3,(H,10,12). The molecule has 0 spiro atoms. The molecule has 0 saturated carbocycles. The molecule has 0 rings (SSSR count). The summed E-state index contributed by atoms with van der Waals surface area (Å²) in [6.07, 6.45) is 0. The molecule has 0 saturated heterocycles. The average Bonchev–Trinajstić information content (AvgIpc) is 1.99. The summed E-state index contributed by atoms with van der Waals surface area (Å²) in [5, 5.41) is 15.0.